The molecule has 0 aliphatic heterocycles. The van der Waals surface area contributed by atoms with Crippen LogP contribution in [-0.4, -0.2) is 26.5 Å². The lowest BCUT2D eigenvalue weighted by Gasteiger charge is -2.04. The van der Waals surface area contributed by atoms with Crippen molar-refractivity contribution in [1.82, 2.24) is 15.4 Å². The average molecular weight is 253 g/mol. The van der Waals surface area contributed by atoms with E-state index in [1.165, 1.54) is 6.07 Å². The quantitative estimate of drug-likeness (QED) is 0.735. The van der Waals surface area contributed by atoms with Crippen LogP contribution in [0.1, 0.15) is 15.9 Å². The molecule has 3 rings (SSSR count). The molecule has 1 aromatic heterocycles. The van der Waals surface area contributed by atoms with Crippen LogP contribution >= 0.6 is 0 Å². The maximum absolute atomic E-state index is 11.1. The van der Waals surface area contributed by atoms with Crippen LogP contribution < -0.4 is 0 Å². The predicted molar refractivity (Wildman–Crippen MR) is 71.0 cm³/mol. The van der Waals surface area contributed by atoms with Crippen LogP contribution in [0.4, 0.5) is 0 Å². The number of aromatic nitrogens is 3. The van der Waals surface area contributed by atoms with Crippen molar-refractivity contribution in [3.8, 4) is 11.1 Å². The summed E-state index contributed by atoms with van der Waals surface area (Å²) in [6.45, 7) is 2.00. The van der Waals surface area contributed by atoms with Crippen molar-refractivity contribution >= 4 is 17.0 Å². The molecule has 1 heterocycles. The number of carboxylic acid groups (broad SMARTS) is 1. The van der Waals surface area contributed by atoms with Crippen molar-refractivity contribution < 1.29 is 9.90 Å². The fourth-order valence-corrected chi connectivity index (χ4v) is 2.03. The summed E-state index contributed by atoms with van der Waals surface area (Å²) in [6.07, 6.45) is 0. The maximum Gasteiger partial charge on any atom is 0.335 e. The van der Waals surface area contributed by atoms with Gasteiger partial charge in [0.2, 0.25) is 0 Å². The molecule has 0 bridgehead atoms. The third-order valence-electron chi connectivity index (χ3n) is 3.03. The first-order valence-electron chi connectivity index (χ1n) is 5.80. The second-order valence-corrected chi connectivity index (χ2v) is 4.39. The number of aryl methyl sites for hydroxylation is 1. The molecule has 0 aliphatic rings. The summed E-state index contributed by atoms with van der Waals surface area (Å²) in [5.41, 5.74) is 4.27. The largest absolute Gasteiger partial charge is 0.478 e. The third-order valence-corrected chi connectivity index (χ3v) is 3.03. The Balaban J connectivity index is 2.29. The molecular formula is C14H11N3O2. The first kappa shape index (κ1) is 11.4. The molecule has 19 heavy (non-hydrogen) atoms. The minimum atomic E-state index is -0.974. The molecule has 5 nitrogen and oxygen atoms in total. The molecule has 0 saturated carbocycles. The van der Waals surface area contributed by atoms with E-state index in [4.69, 9.17) is 5.11 Å². The predicted octanol–water partition coefficient (Wildman–Crippen LogP) is 2.63. The van der Waals surface area contributed by atoms with E-state index in [9.17, 15) is 4.79 Å². The fourth-order valence-electron chi connectivity index (χ4n) is 2.03. The summed E-state index contributed by atoms with van der Waals surface area (Å²) in [4.78, 5) is 11.1. The molecule has 2 N–H and O–H groups in total. The van der Waals surface area contributed by atoms with Gasteiger partial charge in [0.15, 0.2) is 0 Å². The molecule has 0 saturated heterocycles. The molecule has 0 radical (unpaired) electrons. The Bertz CT molecular complexity index is 760. The zero-order valence-electron chi connectivity index (χ0n) is 10.2. The fraction of sp³-hybridized carbons (Fsp3) is 0.0714. The van der Waals surface area contributed by atoms with Crippen LogP contribution in [0.15, 0.2) is 36.4 Å². The van der Waals surface area contributed by atoms with Crippen molar-refractivity contribution in [2.24, 2.45) is 0 Å². The zero-order valence-corrected chi connectivity index (χ0v) is 10.2. The number of hydrogen-bond acceptors (Lipinski definition) is 3. The lowest BCUT2D eigenvalue weighted by Crippen LogP contribution is -1.97. The van der Waals surface area contributed by atoms with Crippen LogP contribution in [0.25, 0.3) is 22.2 Å². The molecule has 0 atom stereocenters. The van der Waals surface area contributed by atoms with E-state index >= 15 is 0 Å². The van der Waals surface area contributed by atoms with Gasteiger partial charge >= 0.3 is 5.97 Å². The van der Waals surface area contributed by atoms with E-state index in [1.807, 2.05) is 31.2 Å². The van der Waals surface area contributed by atoms with E-state index in [1.54, 1.807) is 6.07 Å². The van der Waals surface area contributed by atoms with Crippen LogP contribution in [0.5, 0.6) is 0 Å². The van der Waals surface area contributed by atoms with E-state index in [-0.39, 0.29) is 5.56 Å². The van der Waals surface area contributed by atoms with Crippen molar-refractivity contribution in [3.05, 3.63) is 47.5 Å². The van der Waals surface area contributed by atoms with Gasteiger partial charge in [0.25, 0.3) is 0 Å². The summed E-state index contributed by atoms with van der Waals surface area (Å²) in [5, 5.41) is 19.7. The van der Waals surface area contributed by atoms with Gasteiger partial charge in [-0.05, 0) is 24.6 Å². The topological polar surface area (TPSA) is 78.9 Å². The molecule has 0 fully saturated rings. The summed E-state index contributed by atoms with van der Waals surface area (Å²) >= 11 is 0. The van der Waals surface area contributed by atoms with Crippen molar-refractivity contribution in [2.75, 3.05) is 0 Å². The molecule has 0 spiro atoms. The number of carbonyl (C=O) groups is 1. The van der Waals surface area contributed by atoms with Gasteiger partial charge in [0.05, 0.1) is 5.56 Å². The Morgan fingerprint density at radius 1 is 1.16 bits per heavy atom. The summed E-state index contributed by atoms with van der Waals surface area (Å²) in [7, 11) is 0. The zero-order chi connectivity index (χ0) is 13.4. The molecule has 0 unspecified atom stereocenters. The van der Waals surface area contributed by atoms with Gasteiger partial charge in [0.1, 0.15) is 11.0 Å². The Morgan fingerprint density at radius 3 is 2.58 bits per heavy atom. The number of hydrogen-bond donors (Lipinski definition) is 2. The first-order valence-corrected chi connectivity index (χ1v) is 5.80. The van der Waals surface area contributed by atoms with Gasteiger partial charge in [-0.1, -0.05) is 29.8 Å². The number of benzene rings is 2. The highest BCUT2D eigenvalue weighted by Crippen LogP contribution is 2.28. The van der Waals surface area contributed by atoms with Crippen molar-refractivity contribution in [2.45, 2.75) is 6.92 Å². The van der Waals surface area contributed by atoms with E-state index in [0.29, 0.717) is 11.0 Å². The maximum atomic E-state index is 11.1. The van der Waals surface area contributed by atoms with Gasteiger partial charge in [0, 0.05) is 5.56 Å². The summed E-state index contributed by atoms with van der Waals surface area (Å²) < 4.78 is 0. The minimum Gasteiger partial charge on any atom is -0.478 e. The van der Waals surface area contributed by atoms with Crippen LogP contribution in [0.2, 0.25) is 0 Å². The average Bonchev–Trinajstić information content (AvgIpc) is 2.86. The third kappa shape index (κ3) is 1.95. The second kappa shape index (κ2) is 4.20. The number of aromatic carboxylic acids is 1. The lowest BCUT2D eigenvalue weighted by molar-refractivity contribution is 0.0697. The monoisotopic (exact) mass is 253 g/mol. The Labute approximate surface area is 108 Å². The van der Waals surface area contributed by atoms with Crippen LogP contribution in [0.3, 0.4) is 0 Å². The first-order chi connectivity index (χ1) is 9.15. The Hall–Kier alpha value is -2.69. The number of fused-ring (bicyclic) bond motifs is 1. The second-order valence-electron chi connectivity index (χ2n) is 4.39. The van der Waals surface area contributed by atoms with Gasteiger partial charge in [-0.15, -0.1) is 0 Å². The summed E-state index contributed by atoms with van der Waals surface area (Å²) in [5.74, 6) is -0.974. The highest BCUT2D eigenvalue weighted by Gasteiger charge is 2.13. The number of aromatic amines is 1. The minimum absolute atomic E-state index is 0.206. The van der Waals surface area contributed by atoms with E-state index < -0.39 is 5.97 Å². The molecule has 0 amide bonds. The van der Waals surface area contributed by atoms with Gasteiger partial charge < -0.3 is 5.11 Å². The van der Waals surface area contributed by atoms with Gasteiger partial charge in [-0.3, -0.25) is 0 Å². The highest BCUT2D eigenvalue weighted by molar-refractivity contribution is 5.99. The summed E-state index contributed by atoms with van der Waals surface area (Å²) in [6, 6.07) is 11.0. The standard InChI is InChI=1S/C14H11N3O2/c1-8-2-4-9(5-3-8)11-6-10(14(18)19)7-12-13(11)16-17-15-12/h2-7H,1H3,(H,18,19)(H,15,16,17). The van der Waals surface area contributed by atoms with Crippen LogP contribution in [-0.2, 0) is 0 Å². The number of nitrogens with one attached hydrogen (secondary N) is 1. The normalized spacial score (nSPS) is 10.8. The lowest BCUT2D eigenvalue weighted by atomic mass is 10.0. The number of rotatable bonds is 2. The van der Waals surface area contributed by atoms with Crippen LogP contribution in [0, 0.1) is 6.92 Å². The number of H-pyrrole nitrogens is 1. The smallest absolute Gasteiger partial charge is 0.335 e. The molecule has 3 aromatic rings. The molecule has 94 valence electrons. The molecular weight excluding hydrogens is 242 g/mol. The molecule has 5 heteroatoms. The molecule has 2 aromatic carbocycles. The van der Waals surface area contributed by atoms with Crippen molar-refractivity contribution in [3.63, 3.8) is 0 Å². The van der Waals surface area contributed by atoms with E-state index in [0.717, 1.165) is 16.7 Å². The number of carboxylic acids is 1. The molecule has 0 aliphatic carbocycles. The van der Waals surface area contributed by atoms with Gasteiger partial charge in [-0.2, -0.15) is 15.4 Å². The highest BCUT2D eigenvalue weighted by atomic mass is 16.4. The number of nitrogens with zero attached hydrogens (tertiary/aromatic N) is 2. The SMILES string of the molecule is Cc1ccc(-c2cc(C(=O)O)cc3n[nH]nc23)cc1. The Kier molecular flexibility index (Phi) is 2.52. The van der Waals surface area contributed by atoms with Gasteiger partial charge in [-0.25, -0.2) is 4.79 Å². The van der Waals surface area contributed by atoms with E-state index in [2.05, 4.69) is 15.4 Å². The van der Waals surface area contributed by atoms with Crippen molar-refractivity contribution in [1.29, 1.82) is 0 Å². The Morgan fingerprint density at radius 2 is 1.89 bits per heavy atom.